The van der Waals surface area contributed by atoms with Gasteiger partial charge in [-0.1, -0.05) is 23.7 Å². The van der Waals surface area contributed by atoms with Crippen molar-refractivity contribution in [2.75, 3.05) is 9.80 Å². The van der Waals surface area contributed by atoms with Crippen molar-refractivity contribution in [1.29, 1.82) is 10.8 Å². The summed E-state index contributed by atoms with van der Waals surface area (Å²) in [5, 5.41) is 16.7. The molecule has 1 heterocycles. The number of anilines is 3. The Morgan fingerprint density at radius 1 is 1.09 bits per heavy atom. The van der Waals surface area contributed by atoms with Crippen molar-refractivity contribution in [2.45, 2.75) is 13.3 Å². The van der Waals surface area contributed by atoms with Crippen LogP contribution >= 0.6 is 11.6 Å². The molecule has 116 valence electrons. The zero-order chi connectivity index (χ0) is 16.6. The number of halogens is 1. The zero-order valence-corrected chi connectivity index (χ0v) is 13.3. The van der Waals surface area contributed by atoms with E-state index in [4.69, 9.17) is 22.4 Å². The van der Waals surface area contributed by atoms with Crippen molar-refractivity contribution in [3.05, 3.63) is 53.6 Å². The van der Waals surface area contributed by atoms with Crippen LogP contribution in [0.4, 0.5) is 17.1 Å². The summed E-state index contributed by atoms with van der Waals surface area (Å²) in [7, 11) is 0. The molecule has 0 bridgehead atoms. The highest BCUT2D eigenvalue weighted by Gasteiger charge is 2.31. The lowest BCUT2D eigenvalue weighted by atomic mass is 10.2. The summed E-state index contributed by atoms with van der Waals surface area (Å²) >= 11 is 5.93. The molecule has 1 aliphatic heterocycles. The van der Waals surface area contributed by atoms with Crippen molar-refractivity contribution >= 4 is 46.2 Å². The van der Waals surface area contributed by atoms with Crippen molar-refractivity contribution in [2.24, 2.45) is 0 Å². The van der Waals surface area contributed by atoms with Gasteiger partial charge in [0, 0.05) is 10.7 Å². The molecule has 2 N–H and O–H groups in total. The lowest BCUT2D eigenvalue weighted by Crippen LogP contribution is -2.34. The van der Waals surface area contributed by atoms with Crippen LogP contribution in [0.25, 0.3) is 0 Å². The fourth-order valence-corrected chi connectivity index (χ4v) is 2.81. The monoisotopic (exact) mass is 326 g/mol. The molecule has 0 spiro atoms. The molecule has 23 heavy (non-hydrogen) atoms. The Balaban J connectivity index is 2.21. The normalized spacial score (nSPS) is 14.5. The Kier molecular flexibility index (Phi) is 3.88. The van der Waals surface area contributed by atoms with Gasteiger partial charge in [0.1, 0.15) is 11.7 Å². The SMILES string of the molecule is CC(=N)N1C(=N)CC(=O)N(c2ccc(Cl)cc2)c2ccccc21. The third kappa shape index (κ3) is 2.71. The molecule has 2 aromatic rings. The van der Waals surface area contributed by atoms with Crippen LogP contribution in [0.2, 0.25) is 5.02 Å². The van der Waals surface area contributed by atoms with E-state index in [1.807, 2.05) is 24.3 Å². The van der Waals surface area contributed by atoms with Crippen molar-refractivity contribution < 1.29 is 4.79 Å². The summed E-state index contributed by atoms with van der Waals surface area (Å²) in [6.07, 6.45) is -0.0759. The molecule has 0 saturated carbocycles. The summed E-state index contributed by atoms with van der Waals surface area (Å²) in [4.78, 5) is 15.8. The fraction of sp³-hybridized carbons (Fsp3) is 0.118. The smallest absolute Gasteiger partial charge is 0.239 e. The minimum absolute atomic E-state index is 0.0759. The van der Waals surface area contributed by atoms with Gasteiger partial charge in [-0.15, -0.1) is 0 Å². The van der Waals surface area contributed by atoms with Gasteiger partial charge in [0.15, 0.2) is 0 Å². The van der Waals surface area contributed by atoms with E-state index >= 15 is 0 Å². The molecular weight excluding hydrogens is 312 g/mol. The van der Waals surface area contributed by atoms with E-state index in [0.29, 0.717) is 22.1 Å². The highest BCUT2D eigenvalue weighted by atomic mass is 35.5. The zero-order valence-electron chi connectivity index (χ0n) is 12.5. The Hall–Kier alpha value is -2.66. The predicted octanol–water partition coefficient (Wildman–Crippen LogP) is 4.19. The van der Waals surface area contributed by atoms with E-state index in [-0.39, 0.29) is 24.0 Å². The lowest BCUT2D eigenvalue weighted by molar-refractivity contribution is -0.116. The van der Waals surface area contributed by atoms with Crippen LogP contribution in [0.3, 0.4) is 0 Å². The molecule has 1 amide bonds. The van der Waals surface area contributed by atoms with E-state index in [0.717, 1.165) is 0 Å². The molecule has 2 aromatic carbocycles. The Morgan fingerprint density at radius 2 is 1.70 bits per heavy atom. The van der Waals surface area contributed by atoms with Crippen LogP contribution in [0.15, 0.2) is 48.5 Å². The number of rotatable bonds is 1. The van der Waals surface area contributed by atoms with Crippen LogP contribution in [0.5, 0.6) is 0 Å². The van der Waals surface area contributed by atoms with E-state index in [1.165, 1.54) is 4.90 Å². The number of fused-ring (bicyclic) bond motifs is 1. The van der Waals surface area contributed by atoms with Gasteiger partial charge in [-0.3, -0.25) is 25.4 Å². The largest absolute Gasteiger partial charge is 0.288 e. The molecule has 0 aromatic heterocycles. The second kappa shape index (κ2) is 5.85. The number of carbonyl (C=O) groups excluding carboxylic acids is 1. The maximum absolute atomic E-state index is 12.7. The van der Waals surface area contributed by atoms with Gasteiger partial charge in [-0.25, -0.2) is 0 Å². The maximum Gasteiger partial charge on any atom is 0.239 e. The topological polar surface area (TPSA) is 71.2 Å². The van der Waals surface area contributed by atoms with Gasteiger partial charge < -0.3 is 0 Å². The number of nitrogens with one attached hydrogen (secondary N) is 2. The second-order valence-corrected chi connectivity index (χ2v) is 5.68. The highest BCUT2D eigenvalue weighted by Crippen LogP contribution is 2.38. The summed E-state index contributed by atoms with van der Waals surface area (Å²) in [6.45, 7) is 1.60. The average molecular weight is 327 g/mol. The van der Waals surface area contributed by atoms with Gasteiger partial charge in [-0.05, 0) is 43.3 Å². The Morgan fingerprint density at radius 3 is 2.30 bits per heavy atom. The van der Waals surface area contributed by atoms with E-state index in [9.17, 15) is 4.79 Å². The number of hydrogen-bond donors (Lipinski definition) is 2. The number of hydrogen-bond acceptors (Lipinski definition) is 3. The Labute approximate surface area is 139 Å². The first-order valence-electron chi connectivity index (χ1n) is 7.09. The molecule has 0 aliphatic carbocycles. The third-order valence-corrected chi connectivity index (χ3v) is 3.87. The summed E-state index contributed by atoms with van der Waals surface area (Å²) in [5.74, 6) is 0.0770. The number of amidine groups is 2. The van der Waals surface area contributed by atoms with Gasteiger partial charge in [0.2, 0.25) is 5.91 Å². The van der Waals surface area contributed by atoms with Crippen molar-refractivity contribution in [3.8, 4) is 0 Å². The minimum atomic E-state index is -0.214. The first kappa shape index (κ1) is 15.2. The summed E-state index contributed by atoms with van der Waals surface area (Å²) in [6, 6.07) is 14.3. The molecule has 0 fully saturated rings. The third-order valence-electron chi connectivity index (χ3n) is 3.62. The average Bonchev–Trinajstić information content (AvgIpc) is 2.61. The minimum Gasteiger partial charge on any atom is -0.288 e. The molecule has 0 atom stereocenters. The van der Waals surface area contributed by atoms with Crippen LogP contribution in [-0.2, 0) is 4.79 Å². The fourth-order valence-electron chi connectivity index (χ4n) is 2.68. The van der Waals surface area contributed by atoms with Gasteiger partial charge >= 0.3 is 0 Å². The van der Waals surface area contributed by atoms with Gasteiger partial charge in [0.05, 0.1) is 17.8 Å². The summed E-state index contributed by atoms with van der Waals surface area (Å²) in [5.41, 5.74) is 1.98. The highest BCUT2D eigenvalue weighted by molar-refractivity contribution is 6.31. The standard InChI is InChI=1S/C17H15ClN4O/c1-11(19)21-14-4-2-3-5-15(14)22(17(23)10-16(21)20)13-8-6-12(18)7-9-13/h2-9,19-20H,10H2,1H3. The lowest BCUT2D eigenvalue weighted by Gasteiger charge is -2.25. The number of carbonyl (C=O) groups is 1. The summed E-state index contributed by atoms with van der Waals surface area (Å²) < 4.78 is 0. The number of benzene rings is 2. The number of nitrogens with zero attached hydrogens (tertiary/aromatic N) is 2. The molecule has 6 heteroatoms. The quantitative estimate of drug-likeness (QED) is 0.609. The van der Waals surface area contributed by atoms with Crippen molar-refractivity contribution in [1.82, 2.24) is 0 Å². The number of amides is 1. The predicted molar refractivity (Wildman–Crippen MR) is 93.3 cm³/mol. The Bertz CT molecular complexity index is 800. The van der Waals surface area contributed by atoms with E-state index < -0.39 is 0 Å². The van der Waals surface area contributed by atoms with Crippen LogP contribution in [-0.4, -0.2) is 17.6 Å². The maximum atomic E-state index is 12.7. The molecule has 0 unspecified atom stereocenters. The molecule has 5 nitrogen and oxygen atoms in total. The van der Waals surface area contributed by atoms with Crippen LogP contribution in [0.1, 0.15) is 13.3 Å². The molecule has 3 rings (SSSR count). The molecule has 1 aliphatic rings. The van der Waals surface area contributed by atoms with Crippen molar-refractivity contribution in [3.63, 3.8) is 0 Å². The van der Waals surface area contributed by atoms with Gasteiger partial charge in [-0.2, -0.15) is 0 Å². The van der Waals surface area contributed by atoms with Crippen LogP contribution < -0.4 is 9.80 Å². The second-order valence-electron chi connectivity index (χ2n) is 5.24. The molecule has 0 saturated heterocycles. The van der Waals surface area contributed by atoms with Gasteiger partial charge in [0.25, 0.3) is 0 Å². The molecule has 0 radical (unpaired) electrons. The first-order valence-corrected chi connectivity index (χ1v) is 7.47. The number of para-hydroxylation sites is 2. The van der Waals surface area contributed by atoms with Crippen LogP contribution in [0, 0.1) is 10.8 Å². The van der Waals surface area contributed by atoms with E-state index in [1.54, 1.807) is 36.1 Å². The molecular formula is C17H15ClN4O. The first-order chi connectivity index (χ1) is 11.0. The van der Waals surface area contributed by atoms with E-state index in [2.05, 4.69) is 0 Å².